The Morgan fingerprint density at radius 3 is 2.96 bits per heavy atom. The van der Waals surface area contributed by atoms with E-state index in [0.717, 1.165) is 37.4 Å². The molecule has 134 valence electrons. The molecule has 0 radical (unpaired) electrons. The molecule has 1 spiro atoms. The lowest BCUT2D eigenvalue weighted by Crippen LogP contribution is -2.35. The summed E-state index contributed by atoms with van der Waals surface area (Å²) in [4.78, 5) is 29.1. The zero-order valence-corrected chi connectivity index (χ0v) is 14.7. The van der Waals surface area contributed by atoms with Crippen molar-refractivity contribution in [3.05, 3.63) is 54.1 Å². The van der Waals surface area contributed by atoms with E-state index in [-0.39, 0.29) is 5.91 Å². The van der Waals surface area contributed by atoms with E-state index in [9.17, 15) is 4.79 Å². The van der Waals surface area contributed by atoms with E-state index in [4.69, 9.17) is 4.84 Å². The number of nitrogens with zero attached hydrogens (tertiary/aromatic N) is 4. The molecule has 4 rings (SSSR count). The van der Waals surface area contributed by atoms with Crippen LogP contribution in [0.5, 0.6) is 0 Å². The zero-order chi connectivity index (χ0) is 18.0. The number of hydrogen-bond donors (Lipinski definition) is 1. The van der Waals surface area contributed by atoms with Gasteiger partial charge in [-0.1, -0.05) is 11.2 Å². The Hall–Kier alpha value is -2.80. The lowest BCUT2D eigenvalue weighted by atomic mass is 9.96. The maximum atomic E-state index is 12.5. The number of hydrogen-bond acceptors (Lipinski definition) is 6. The van der Waals surface area contributed by atoms with Crippen molar-refractivity contribution < 1.29 is 9.63 Å². The topological polar surface area (TPSA) is 79.7 Å². The molecule has 1 fully saturated rings. The first-order valence-corrected chi connectivity index (χ1v) is 8.74. The van der Waals surface area contributed by atoms with Crippen LogP contribution in [-0.4, -0.2) is 45.2 Å². The first-order valence-electron chi connectivity index (χ1n) is 8.74. The second kappa shape index (κ2) is 6.84. The highest BCUT2D eigenvalue weighted by molar-refractivity contribution is 6.43. The molecule has 2 aliphatic heterocycles. The van der Waals surface area contributed by atoms with Gasteiger partial charge in [-0.15, -0.1) is 0 Å². The molecule has 2 aromatic heterocycles. The van der Waals surface area contributed by atoms with Gasteiger partial charge in [0.2, 0.25) is 0 Å². The van der Waals surface area contributed by atoms with E-state index in [1.54, 1.807) is 18.5 Å². The fourth-order valence-corrected chi connectivity index (χ4v) is 3.46. The number of carbonyl (C=O) groups is 1. The Kier molecular flexibility index (Phi) is 4.38. The average Bonchev–Trinajstić information content (AvgIpc) is 3.25. The Morgan fingerprint density at radius 2 is 2.15 bits per heavy atom. The lowest BCUT2D eigenvalue weighted by Gasteiger charge is -2.21. The lowest BCUT2D eigenvalue weighted by molar-refractivity contribution is -0.110. The number of aromatic nitrogens is 2. The van der Waals surface area contributed by atoms with Gasteiger partial charge in [0.1, 0.15) is 5.71 Å². The maximum absolute atomic E-state index is 12.5. The summed E-state index contributed by atoms with van der Waals surface area (Å²) in [7, 11) is 0. The van der Waals surface area contributed by atoms with Crippen molar-refractivity contribution in [2.75, 3.05) is 18.4 Å². The van der Waals surface area contributed by atoms with E-state index < -0.39 is 5.60 Å². The van der Waals surface area contributed by atoms with Gasteiger partial charge in [-0.25, -0.2) is 0 Å². The maximum Gasteiger partial charge on any atom is 0.273 e. The molecule has 0 aliphatic carbocycles. The molecular weight excluding hydrogens is 330 g/mol. The van der Waals surface area contributed by atoms with Crippen LogP contribution in [0.3, 0.4) is 0 Å². The summed E-state index contributed by atoms with van der Waals surface area (Å²) in [5.41, 5.74) is 2.55. The van der Waals surface area contributed by atoms with Gasteiger partial charge >= 0.3 is 0 Å². The van der Waals surface area contributed by atoms with E-state index in [2.05, 4.69) is 25.3 Å². The quantitative estimate of drug-likeness (QED) is 0.913. The molecule has 1 amide bonds. The van der Waals surface area contributed by atoms with Crippen molar-refractivity contribution in [3.63, 3.8) is 0 Å². The monoisotopic (exact) mass is 351 g/mol. The van der Waals surface area contributed by atoms with Crippen molar-refractivity contribution in [2.24, 2.45) is 5.16 Å². The summed E-state index contributed by atoms with van der Waals surface area (Å²) in [6, 6.07) is 9.55. The summed E-state index contributed by atoms with van der Waals surface area (Å²) >= 11 is 0. The highest BCUT2D eigenvalue weighted by Crippen LogP contribution is 2.34. The van der Waals surface area contributed by atoms with Crippen LogP contribution in [0.15, 0.2) is 47.9 Å². The molecule has 0 unspecified atom stereocenters. The molecule has 0 aromatic carbocycles. The number of likely N-dealkylation sites (tertiary alicyclic amines) is 1. The van der Waals surface area contributed by atoms with Crippen LogP contribution in [0.2, 0.25) is 0 Å². The summed E-state index contributed by atoms with van der Waals surface area (Å²) in [5.74, 6) is -0.221. The first kappa shape index (κ1) is 16.7. The van der Waals surface area contributed by atoms with Crippen LogP contribution in [-0.2, 0) is 16.2 Å². The first-order chi connectivity index (χ1) is 12.6. The minimum Gasteiger partial charge on any atom is -0.387 e. The number of amides is 1. The fraction of sp³-hybridized carbons (Fsp3) is 0.368. The van der Waals surface area contributed by atoms with Crippen LogP contribution in [0.1, 0.15) is 24.2 Å². The third kappa shape index (κ3) is 3.43. The van der Waals surface area contributed by atoms with Gasteiger partial charge < -0.3 is 10.2 Å². The highest BCUT2D eigenvalue weighted by Gasteiger charge is 2.46. The normalized spacial score (nSPS) is 22.3. The molecule has 1 saturated heterocycles. The van der Waals surface area contributed by atoms with Gasteiger partial charge in [-0.05, 0) is 31.2 Å². The third-order valence-corrected chi connectivity index (χ3v) is 4.86. The second-order valence-electron chi connectivity index (χ2n) is 6.86. The van der Waals surface area contributed by atoms with Crippen molar-refractivity contribution >= 4 is 17.3 Å². The molecule has 1 atom stereocenters. The molecule has 7 nitrogen and oxygen atoms in total. The van der Waals surface area contributed by atoms with Crippen molar-refractivity contribution in [3.8, 4) is 0 Å². The molecule has 1 N–H and O–H groups in total. The molecule has 2 aromatic rings. The molecule has 2 aliphatic rings. The predicted octanol–water partition coefficient (Wildman–Crippen LogP) is 2.14. The Balaban J connectivity index is 1.36. The Bertz CT molecular complexity index is 839. The van der Waals surface area contributed by atoms with Gasteiger partial charge in [0.15, 0.2) is 5.60 Å². The predicted molar refractivity (Wildman–Crippen MR) is 97.6 cm³/mol. The van der Waals surface area contributed by atoms with Gasteiger partial charge in [-0.2, -0.15) is 0 Å². The van der Waals surface area contributed by atoms with E-state index in [0.29, 0.717) is 17.8 Å². The van der Waals surface area contributed by atoms with E-state index in [1.165, 1.54) is 0 Å². The highest BCUT2D eigenvalue weighted by atomic mass is 16.7. The number of pyridine rings is 2. The molecule has 7 heteroatoms. The Morgan fingerprint density at radius 1 is 1.27 bits per heavy atom. The SMILES string of the molecule is Cc1ncccc1NC(=O)C1=NO[C@@]2(CCN(Cc3ccccn3)C2)C1. The molecule has 0 saturated carbocycles. The number of carbonyl (C=O) groups excluding carboxylic acids is 1. The molecule has 26 heavy (non-hydrogen) atoms. The number of rotatable bonds is 4. The average molecular weight is 351 g/mol. The number of oxime groups is 1. The van der Waals surface area contributed by atoms with Crippen LogP contribution < -0.4 is 5.32 Å². The molecule has 4 heterocycles. The van der Waals surface area contributed by atoms with Crippen molar-refractivity contribution in [1.29, 1.82) is 0 Å². The van der Waals surface area contributed by atoms with Gasteiger partial charge in [-0.3, -0.25) is 19.7 Å². The van der Waals surface area contributed by atoms with Crippen LogP contribution >= 0.6 is 0 Å². The minimum absolute atomic E-state index is 0.221. The molecular formula is C19H21N5O2. The summed E-state index contributed by atoms with van der Waals surface area (Å²) in [5, 5.41) is 6.95. The second-order valence-corrected chi connectivity index (χ2v) is 6.86. The van der Waals surface area contributed by atoms with Gasteiger partial charge in [0, 0.05) is 44.9 Å². The van der Waals surface area contributed by atoms with E-state index in [1.807, 2.05) is 31.2 Å². The molecule has 0 bridgehead atoms. The van der Waals surface area contributed by atoms with Crippen molar-refractivity contribution in [1.82, 2.24) is 14.9 Å². The Labute approximate surface area is 152 Å². The number of nitrogens with one attached hydrogen (secondary N) is 1. The van der Waals surface area contributed by atoms with Crippen LogP contribution in [0.4, 0.5) is 5.69 Å². The standard InChI is InChI=1S/C19H21N5O2/c1-14-16(6-4-9-20-14)22-18(25)17-11-19(26-23-17)7-10-24(13-19)12-15-5-2-3-8-21-15/h2-6,8-9H,7,10-13H2,1H3,(H,22,25)/t19-/m0/s1. The largest absolute Gasteiger partial charge is 0.387 e. The fourth-order valence-electron chi connectivity index (χ4n) is 3.46. The van der Waals surface area contributed by atoms with Gasteiger partial charge in [0.25, 0.3) is 5.91 Å². The van der Waals surface area contributed by atoms with Crippen LogP contribution in [0, 0.1) is 6.92 Å². The van der Waals surface area contributed by atoms with Crippen molar-refractivity contribution in [2.45, 2.75) is 31.9 Å². The summed E-state index contributed by atoms with van der Waals surface area (Å²) < 4.78 is 0. The summed E-state index contributed by atoms with van der Waals surface area (Å²) in [6.45, 7) is 4.29. The van der Waals surface area contributed by atoms with E-state index >= 15 is 0 Å². The minimum atomic E-state index is -0.397. The smallest absolute Gasteiger partial charge is 0.273 e. The third-order valence-electron chi connectivity index (χ3n) is 4.86. The summed E-state index contributed by atoms with van der Waals surface area (Å²) in [6.07, 6.45) is 4.88. The van der Waals surface area contributed by atoms with Gasteiger partial charge in [0.05, 0.1) is 17.1 Å². The number of aryl methyl sites for hydroxylation is 1. The number of anilines is 1. The van der Waals surface area contributed by atoms with Crippen LogP contribution in [0.25, 0.3) is 0 Å². The zero-order valence-electron chi connectivity index (χ0n) is 14.7.